The molecular formula is C18H34IN5O2. The predicted molar refractivity (Wildman–Crippen MR) is 116 cm³/mol. The molecule has 0 fully saturated rings. The molecule has 8 heteroatoms. The molecule has 26 heavy (non-hydrogen) atoms. The van der Waals surface area contributed by atoms with Crippen molar-refractivity contribution in [1.29, 1.82) is 0 Å². The van der Waals surface area contributed by atoms with Gasteiger partial charge >= 0.3 is 5.97 Å². The van der Waals surface area contributed by atoms with E-state index in [1.807, 2.05) is 11.6 Å². The Morgan fingerprint density at radius 3 is 2.38 bits per heavy atom. The van der Waals surface area contributed by atoms with Crippen molar-refractivity contribution < 1.29 is 9.53 Å². The maximum absolute atomic E-state index is 11.0. The average molecular weight is 479 g/mol. The maximum Gasteiger partial charge on any atom is 0.305 e. The van der Waals surface area contributed by atoms with Crippen molar-refractivity contribution in [2.75, 3.05) is 27.2 Å². The Morgan fingerprint density at radius 2 is 1.81 bits per heavy atom. The molecule has 0 aliphatic heterocycles. The zero-order chi connectivity index (χ0) is 18.5. The Hall–Kier alpha value is -1.32. The zero-order valence-electron chi connectivity index (χ0n) is 16.5. The quantitative estimate of drug-likeness (QED) is 0.168. The van der Waals surface area contributed by atoms with E-state index in [1.54, 1.807) is 7.05 Å². The number of hydrogen-bond donors (Lipinski definition) is 2. The van der Waals surface area contributed by atoms with E-state index < -0.39 is 0 Å². The van der Waals surface area contributed by atoms with Crippen LogP contribution in [-0.2, 0) is 16.1 Å². The highest BCUT2D eigenvalue weighted by atomic mass is 127. The molecule has 0 aliphatic carbocycles. The van der Waals surface area contributed by atoms with E-state index in [0.29, 0.717) is 6.42 Å². The van der Waals surface area contributed by atoms with Gasteiger partial charge in [-0.3, -0.25) is 14.5 Å². The first kappa shape index (κ1) is 24.7. The molecule has 0 amide bonds. The predicted octanol–water partition coefficient (Wildman–Crippen LogP) is 2.80. The molecule has 1 aromatic rings. The van der Waals surface area contributed by atoms with Crippen LogP contribution in [0.15, 0.2) is 11.1 Å². The molecule has 0 unspecified atom stereocenters. The number of guanidine groups is 1. The standard InChI is InChI=1S/C18H33N5O2.HI/c1-15-14-16(2)23(22-15)13-9-12-21-18(19-3)20-11-8-6-5-7-10-17(24)25-4;/h14H,5-13H2,1-4H3,(H2,19,20,21);1H. The monoisotopic (exact) mass is 479 g/mol. The van der Waals surface area contributed by atoms with Gasteiger partial charge in [0.2, 0.25) is 0 Å². The number of aromatic nitrogens is 2. The normalized spacial score (nSPS) is 11.0. The lowest BCUT2D eigenvalue weighted by Crippen LogP contribution is -2.38. The van der Waals surface area contributed by atoms with Crippen LogP contribution in [0.1, 0.15) is 49.9 Å². The van der Waals surface area contributed by atoms with Crippen LogP contribution < -0.4 is 10.6 Å². The summed E-state index contributed by atoms with van der Waals surface area (Å²) in [5, 5.41) is 11.1. The number of methoxy groups -OCH3 is 1. The number of ether oxygens (including phenoxy) is 1. The Kier molecular flexibility index (Phi) is 14.1. The fourth-order valence-corrected chi connectivity index (χ4v) is 2.61. The van der Waals surface area contributed by atoms with Crippen LogP contribution in [0.25, 0.3) is 0 Å². The van der Waals surface area contributed by atoms with Crippen molar-refractivity contribution in [3.8, 4) is 0 Å². The van der Waals surface area contributed by atoms with E-state index in [2.05, 4.69) is 38.5 Å². The van der Waals surface area contributed by atoms with Gasteiger partial charge in [-0.2, -0.15) is 5.10 Å². The molecule has 150 valence electrons. The smallest absolute Gasteiger partial charge is 0.305 e. The number of rotatable bonds is 11. The number of nitrogens with zero attached hydrogens (tertiary/aromatic N) is 3. The van der Waals surface area contributed by atoms with Gasteiger partial charge in [-0.1, -0.05) is 12.8 Å². The minimum atomic E-state index is -0.122. The molecule has 1 aromatic heterocycles. The molecule has 1 rings (SSSR count). The highest BCUT2D eigenvalue weighted by molar-refractivity contribution is 14.0. The number of hydrogen-bond acceptors (Lipinski definition) is 4. The molecular weight excluding hydrogens is 445 g/mol. The fourth-order valence-electron chi connectivity index (χ4n) is 2.61. The van der Waals surface area contributed by atoms with E-state index in [1.165, 1.54) is 12.8 Å². The lowest BCUT2D eigenvalue weighted by Gasteiger charge is -2.12. The van der Waals surface area contributed by atoms with Crippen LogP contribution in [0.2, 0.25) is 0 Å². The van der Waals surface area contributed by atoms with E-state index >= 15 is 0 Å². The van der Waals surface area contributed by atoms with Gasteiger partial charge in [-0.05, 0) is 39.2 Å². The van der Waals surface area contributed by atoms with Gasteiger partial charge in [0.25, 0.3) is 0 Å². The van der Waals surface area contributed by atoms with Crippen molar-refractivity contribution in [3.05, 3.63) is 17.5 Å². The topological polar surface area (TPSA) is 80.5 Å². The van der Waals surface area contributed by atoms with Crippen LogP contribution in [0, 0.1) is 13.8 Å². The van der Waals surface area contributed by atoms with Crippen molar-refractivity contribution in [2.24, 2.45) is 4.99 Å². The number of carbonyl (C=O) groups excluding carboxylic acids is 1. The number of aryl methyl sites for hydroxylation is 3. The summed E-state index contributed by atoms with van der Waals surface area (Å²) in [4.78, 5) is 15.2. The first-order valence-corrected chi connectivity index (χ1v) is 9.09. The van der Waals surface area contributed by atoms with Crippen LogP contribution in [0.3, 0.4) is 0 Å². The molecule has 0 saturated heterocycles. The van der Waals surface area contributed by atoms with Crippen molar-refractivity contribution in [3.63, 3.8) is 0 Å². The van der Waals surface area contributed by atoms with Crippen LogP contribution in [-0.4, -0.2) is 49.0 Å². The number of unbranched alkanes of at least 4 members (excludes halogenated alkanes) is 3. The summed E-state index contributed by atoms with van der Waals surface area (Å²) in [7, 11) is 3.22. The molecule has 0 radical (unpaired) electrons. The first-order chi connectivity index (χ1) is 12.1. The molecule has 1 heterocycles. The maximum atomic E-state index is 11.0. The summed E-state index contributed by atoms with van der Waals surface area (Å²) >= 11 is 0. The van der Waals surface area contributed by atoms with Gasteiger partial charge in [0.05, 0.1) is 12.8 Å². The molecule has 2 N–H and O–H groups in total. The number of nitrogens with one attached hydrogen (secondary N) is 2. The SMILES string of the molecule is CN=C(NCCCCCCC(=O)OC)NCCCn1nc(C)cc1C.I. The highest BCUT2D eigenvalue weighted by Crippen LogP contribution is 2.03. The van der Waals surface area contributed by atoms with E-state index in [0.717, 1.165) is 63.4 Å². The summed E-state index contributed by atoms with van der Waals surface area (Å²) in [6, 6.07) is 2.10. The summed E-state index contributed by atoms with van der Waals surface area (Å²) in [6.07, 6.45) is 5.61. The first-order valence-electron chi connectivity index (χ1n) is 9.09. The van der Waals surface area contributed by atoms with Gasteiger partial charge in [0.1, 0.15) is 0 Å². The number of esters is 1. The lowest BCUT2D eigenvalue weighted by molar-refractivity contribution is -0.140. The minimum absolute atomic E-state index is 0. The van der Waals surface area contributed by atoms with E-state index in [-0.39, 0.29) is 29.9 Å². The zero-order valence-corrected chi connectivity index (χ0v) is 18.8. The van der Waals surface area contributed by atoms with Crippen molar-refractivity contribution >= 4 is 35.9 Å². The van der Waals surface area contributed by atoms with E-state index in [4.69, 9.17) is 0 Å². The van der Waals surface area contributed by atoms with Gasteiger partial charge < -0.3 is 15.4 Å². The Bertz CT molecular complexity index is 546. The summed E-state index contributed by atoms with van der Waals surface area (Å²) in [5.74, 6) is 0.714. The molecule has 0 aromatic carbocycles. The van der Waals surface area contributed by atoms with Crippen LogP contribution in [0.5, 0.6) is 0 Å². The third kappa shape index (κ3) is 10.6. The Morgan fingerprint density at radius 1 is 1.15 bits per heavy atom. The van der Waals surface area contributed by atoms with Crippen molar-refractivity contribution in [1.82, 2.24) is 20.4 Å². The third-order valence-electron chi connectivity index (χ3n) is 3.99. The number of halogens is 1. The largest absolute Gasteiger partial charge is 0.469 e. The van der Waals surface area contributed by atoms with Crippen LogP contribution >= 0.6 is 24.0 Å². The second kappa shape index (κ2) is 14.8. The number of aliphatic imine (C=N–C) groups is 1. The van der Waals surface area contributed by atoms with E-state index in [9.17, 15) is 4.79 Å². The summed E-state index contributed by atoms with van der Waals surface area (Å²) in [6.45, 7) is 6.75. The lowest BCUT2D eigenvalue weighted by atomic mass is 10.1. The minimum Gasteiger partial charge on any atom is -0.469 e. The van der Waals surface area contributed by atoms with Crippen LogP contribution in [0.4, 0.5) is 0 Å². The summed E-state index contributed by atoms with van der Waals surface area (Å²) in [5.41, 5.74) is 2.27. The van der Waals surface area contributed by atoms with Crippen molar-refractivity contribution in [2.45, 2.75) is 58.9 Å². The molecule has 0 atom stereocenters. The van der Waals surface area contributed by atoms with Gasteiger partial charge in [0.15, 0.2) is 5.96 Å². The van der Waals surface area contributed by atoms with Gasteiger partial charge in [-0.25, -0.2) is 0 Å². The summed E-state index contributed by atoms with van der Waals surface area (Å²) < 4.78 is 6.67. The Labute approximate surface area is 174 Å². The third-order valence-corrected chi connectivity index (χ3v) is 3.99. The van der Waals surface area contributed by atoms with Gasteiger partial charge in [0, 0.05) is 38.8 Å². The molecule has 0 bridgehead atoms. The Balaban J connectivity index is 0.00000625. The van der Waals surface area contributed by atoms with Gasteiger partial charge in [-0.15, -0.1) is 24.0 Å². The molecule has 7 nitrogen and oxygen atoms in total. The highest BCUT2D eigenvalue weighted by Gasteiger charge is 2.02. The average Bonchev–Trinajstić information content (AvgIpc) is 2.92. The number of carbonyl (C=O) groups is 1. The molecule has 0 spiro atoms. The second-order valence-corrected chi connectivity index (χ2v) is 6.17. The second-order valence-electron chi connectivity index (χ2n) is 6.17. The fraction of sp³-hybridized carbons (Fsp3) is 0.722. The molecule has 0 aliphatic rings. The molecule has 0 saturated carbocycles.